The van der Waals surface area contributed by atoms with E-state index in [1.165, 1.54) is 17.4 Å². The van der Waals surface area contributed by atoms with Crippen molar-refractivity contribution in [1.82, 2.24) is 4.98 Å². The number of ether oxygens (including phenoxy) is 1. The number of nitrogens with zero attached hydrogens (tertiary/aromatic N) is 1. The summed E-state index contributed by atoms with van der Waals surface area (Å²) in [6, 6.07) is 0. The van der Waals surface area contributed by atoms with E-state index in [2.05, 4.69) is 9.72 Å². The van der Waals surface area contributed by atoms with E-state index in [0.717, 1.165) is 15.6 Å². The lowest BCUT2D eigenvalue weighted by Crippen LogP contribution is -2.25. The van der Waals surface area contributed by atoms with E-state index < -0.39 is 12.5 Å². The molecule has 82 valence electrons. The molecule has 1 aliphatic carbocycles. The molecule has 1 heterocycles. The molecule has 0 fully saturated rings. The average Bonchev–Trinajstić information content (AvgIpc) is 2.40. The SMILES string of the molecule is Cc1nc2c(s1)CC(OC(F)(F)F)C=C2. The molecule has 2 rings (SSSR count). The van der Waals surface area contributed by atoms with Gasteiger partial charge in [-0.25, -0.2) is 4.98 Å². The van der Waals surface area contributed by atoms with E-state index in [4.69, 9.17) is 0 Å². The van der Waals surface area contributed by atoms with Crippen LogP contribution in [-0.4, -0.2) is 17.5 Å². The second kappa shape index (κ2) is 3.61. The van der Waals surface area contributed by atoms with Crippen LogP contribution in [-0.2, 0) is 11.2 Å². The summed E-state index contributed by atoms with van der Waals surface area (Å²) in [6.07, 6.45) is -2.27. The van der Waals surface area contributed by atoms with Crippen molar-refractivity contribution in [1.29, 1.82) is 0 Å². The van der Waals surface area contributed by atoms with Crippen LogP contribution in [0.15, 0.2) is 6.08 Å². The molecular formula is C9H8F3NOS. The van der Waals surface area contributed by atoms with Gasteiger partial charge < -0.3 is 0 Å². The lowest BCUT2D eigenvalue weighted by Gasteiger charge is -2.18. The van der Waals surface area contributed by atoms with Crippen molar-refractivity contribution in [3.05, 3.63) is 21.7 Å². The Labute approximate surface area is 88.4 Å². The standard InChI is InChI=1S/C9H8F3NOS/c1-5-13-7-3-2-6(4-8(7)15-5)14-9(10,11)12/h2-3,6H,4H2,1H3. The topological polar surface area (TPSA) is 22.1 Å². The van der Waals surface area contributed by atoms with Gasteiger partial charge in [0.05, 0.1) is 16.8 Å². The number of fused-ring (bicyclic) bond motifs is 1. The lowest BCUT2D eigenvalue weighted by molar-refractivity contribution is -0.336. The van der Waals surface area contributed by atoms with Gasteiger partial charge in [0.25, 0.3) is 0 Å². The molecule has 1 aliphatic rings. The molecule has 1 atom stereocenters. The van der Waals surface area contributed by atoms with Crippen LogP contribution in [0.3, 0.4) is 0 Å². The molecule has 2 nitrogen and oxygen atoms in total. The molecule has 0 radical (unpaired) electrons. The second-order valence-electron chi connectivity index (χ2n) is 3.21. The Morgan fingerprint density at radius 1 is 1.53 bits per heavy atom. The molecule has 0 bridgehead atoms. The largest absolute Gasteiger partial charge is 0.523 e. The van der Waals surface area contributed by atoms with E-state index in [-0.39, 0.29) is 6.42 Å². The highest BCUT2D eigenvalue weighted by Crippen LogP contribution is 2.29. The molecule has 0 saturated heterocycles. The summed E-state index contributed by atoms with van der Waals surface area (Å²) in [5.74, 6) is 0. The highest BCUT2D eigenvalue weighted by Gasteiger charge is 2.34. The zero-order valence-corrected chi connectivity index (χ0v) is 8.65. The van der Waals surface area contributed by atoms with Crippen molar-refractivity contribution in [3.8, 4) is 0 Å². The maximum atomic E-state index is 12.0. The van der Waals surface area contributed by atoms with Crippen LogP contribution in [0.5, 0.6) is 0 Å². The average molecular weight is 235 g/mol. The Kier molecular flexibility index (Phi) is 2.56. The van der Waals surface area contributed by atoms with Gasteiger partial charge in [-0.3, -0.25) is 4.74 Å². The van der Waals surface area contributed by atoms with Gasteiger partial charge in [-0.1, -0.05) is 6.08 Å². The number of rotatable bonds is 1. The van der Waals surface area contributed by atoms with Crippen LogP contribution < -0.4 is 0 Å². The Hall–Kier alpha value is -0.880. The summed E-state index contributed by atoms with van der Waals surface area (Å²) in [5.41, 5.74) is 0.763. The molecule has 0 N–H and O–H groups in total. The fourth-order valence-electron chi connectivity index (χ4n) is 1.46. The van der Waals surface area contributed by atoms with Gasteiger partial charge in [-0.05, 0) is 13.0 Å². The first kappa shape index (κ1) is 10.6. The Balaban J connectivity index is 2.12. The maximum Gasteiger partial charge on any atom is 0.523 e. The predicted octanol–water partition coefficient (Wildman–Crippen LogP) is 2.93. The van der Waals surface area contributed by atoms with Crippen LogP contribution in [0, 0.1) is 6.92 Å². The van der Waals surface area contributed by atoms with Gasteiger partial charge in [0.15, 0.2) is 0 Å². The molecule has 6 heteroatoms. The van der Waals surface area contributed by atoms with Crippen LogP contribution in [0.4, 0.5) is 13.2 Å². The van der Waals surface area contributed by atoms with Gasteiger partial charge in [0, 0.05) is 11.3 Å². The normalized spacial score (nSPS) is 20.4. The van der Waals surface area contributed by atoms with Crippen LogP contribution in [0.1, 0.15) is 15.6 Å². The molecule has 0 spiro atoms. The number of aryl methyl sites for hydroxylation is 1. The number of hydrogen-bond donors (Lipinski definition) is 0. The third-order valence-electron chi connectivity index (χ3n) is 1.97. The predicted molar refractivity (Wildman–Crippen MR) is 50.5 cm³/mol. The quantitative estimate of drug-likeness (QED) is 0.746. The van der Waals surface area contributed by atoms with Crippen LogP contribution in [0.2, 0.25) is 0 Å². The highest BCUT2D eigenvalue weighted by atomic mass is 32.1. The van der Waals surface area contributed by atoms with E-state index >= 15 is 0 Å². The van der Waals surface area contributed by atoms with Crippen molar-refractivity contribution >= 4 is 17.4 Å². The Bertz CT molecular complexity index is 397. The maximum absolute atomic E-state index is 12.0. The van der Waals surface area contributed by atoms with Crippen LogP contribution in [0.25, 0.3) is 6.08 Å². The number of hydrogen-bond acceptors (Lipinski definition) is 3. The molecule has 0 amide bonds. The molecule has 0 aliphatic heterocycles. The van der Waals surface area contributed by atoms with Gasteiger partial charge in [-0.15, -0.1) is 24.5 Å². The summed E-state index contributed by atoms with van der Waals surface area (Å²) < 4.78 is 39.8. The minimum Gasteiger partial charge on any atom is -0.284 e. The molecule has 15 heavy (non-hydrogen) atoms. The van der Waals surface area contributed by atoms with Crippen molar-refractivity contribution in [2.45, 2.75) is 25.8 Å². The van der Waals surface area contributed by atoms with Crippen molar-refractivity contribution in [3.63, 3.8) is 0 Å². The molecule has 0 aromatic carbocycles. The fraction of sp³-hybridized carbons (Fsp3) is 0.444. The van der Waals surface area contributed by atoms with Gasteiger partial charge in [-0.2, -0.15) is 0 Å². The number of aromatic nitrogens is 1. The smallest absolute Gasteiger partial charge is 0.284 e. The zero-order chi connectivity index (χ0) is 11.1. The number of alkyl halides is 3. The minimum absolute atomic E-state index is 0.247. The van der Waals surface area contributed by atoms with Crippen molar-refractivity contribution < 1.29 is 17.9 Å². The van der Waals surface area contributed by atoms with E-state index in [1.807, 2.05) is 6.92 Å². The number of thiazole rings is 1. The first-order valence-electron chi connectivity index (χ1n) is 4.33. The van der Waals surface area contributed by atoms with Gasteiger partial charge in [0.1, 0.15) is 0 Å². The first-order valence-corrected chi connectivity index (χ1v) is 5.15. The summed E-state index contributed by atoms with van der Waals surface area (Å²) in [6.45, 7) is 1.83. The molecule has 1 unspecified atom stereocenters. The van der Waals surface area contributed by atoms with E-state index in [0.29, 0.717) is 0 Å². The molecular weight excluding hydrogens is 227 g/mol. The minimum atomic E-state index is -4.58. The summed E-state index contributed by atoms with van der Waals surface area (Å²) >= 11 is 1.41. The summed E-state index contributed by atoms with van der Waals surface area (Å²) in [4.78, 5) is 5.03. The Morgan fingerprint density at radius 2 is 2.27 bits per heavy atom. The van der Waals surface area contributed by atoms with Gasteiger partial charge >= 0.3 is 6.36 Å². The van der Waals surface area contributed by atoms with Crippen LogP contribution >= 0.6 is 11.3 Å². The van der Waals surface area contributed by atoms with E-state index in [9.17, 15) is 13.2 Å². The monoisotopic (exact) mass is 235 g/mol. The third-order valence-corrected chi connectivity index (χ3v) is 2.98. The summed E-state index contributed by atoms with van der Waals surface area (Å²) in [7, 11) is 0. The highest BCUT2D eigenvalue weighted by molar-refractivity contribution is 7.11. The molecule has 0 saturated carbocycles. The Morgan fingerprint density at radius 3 is 2.93 bits per heavy atom. The summed E-state index contributed by atoms with van der Waals surface area (Å²) in [5, 5.41) is 0.859. The van der Waals surface area contributed by atoms with E-state index in [1.54, 1.807) is 6.08 Å². The molecule has 1 aromatic rings. The second-order valence-corrected chi connectivity index (χ2v) is 4.49. The lowest BCUT2D eigenvalue weighted by atomic mass is 10.1. The number of halogens is 3. The third kappa shape index (κ3) is 2.57. The van der Waals surface area contributed by atoms with Crippen molar-refractivity contribution in [2.24, 2.45) is 0 Å². The first-order chi connectivity index (χ1) is 6.94. The van der Waals surface area contributed by atoms with Crippen molar-refractivity contribution in [2.75, 3.05) is 0 Å². The fourth-order valence-corrected chi connectivity index (χ4v) is 2.43. The zero-order valence-electron chi connectivity index (χ0n) is 7.84. The molecule has 1 aromatic heterocycles. The van der Waals surface area contributed by atoms with Gasteiger partial charge in [0.2, 0.25) is 0 Å².